The maximum Gasteiger partial charge on any atom is 0.127 e. The van der Waals surface area contributed by atoms with Crippen LogP contribution >= 0.6 is 15.9 Å². The Balaban J connectivity index is 2.16. The molecule has 1 aliphatic rings. The molecular weight excluding hydrogens is 282 g/mol. The number of halogens is 1. The van der Waals surface area contributed by atoms with Crippen LogP contribution in [-0.4, -0.2) is 23.9 Å². The number of benzene rings is 1. The molecule has 0 atom stereocenters. The summed E-state index contributed by atoms with van der Waals surface area (Å²) in [7, 11) is 0. The molecule has 0 aliphatic carbocycles. The topological polar surface area (TPSA) is 41.5 Å². The van der Waals surface area contributed by atoms with Crippen molar-refractivity contribution in [1.29, 1.82) is 0 Å². The van der Waals surface area contributed by atoms with Gasteiger partial charge in [0.2, 0.25) is 0 Å². The lowest BCUT2D eigenvalue weighted by Crippen LogP contribution is -2.42. The van der Waals surface area contributed by atoms with Gasteiger partial charge in [-0.2, -0.15) is 0 Å². The fraction of sp³-hybridized carbons (Fsp3) is 0.538. The summed E-state index contributed by atoms with van der Waals surface area (Å²) >= 11 is 3.52. The monoisotopic (exact) mass is 299 g/mol. The SMILES string of the molecule is CC(C)(CO)NCc1cc(Br)cc2c1OCC2. The molecule has 94 valence electrons. The molecular formula is C13H18BrNO2. The highest BCUT2D eigenvalue weighted by Gasteiger charge is 2.20. The lowest BCUT2D eigenvalue weighted by atomic mass is 10.0. The molecule has 0 aromatic heterocycles. The van der Waals surface area contributed by atoms with E-state index in [1.807, 2.05) is 13.8 Å². The van der Waals surface area contributed by atoms with Gasteiger partial charge in [0.15, 0.2) is 0 Å². The number of ether oxygens (including phenoxy) is 1. The van der Waals surface area contributed by atoms with Crippen molar-refractivity contribution in [2.75, 3.05) is 13.2 Å². The van der Waals surface area contributed by atoms with Gasteiger partial charge >= 0.3 is 0 Å². The molecule has 0 radical (unpaired) electrons. The van der Waals surface area contributed by atoms with E-state index in [-0.39, 0.29) is 12.1 Å². The quantitative estimate of drug-likeness (QED) is 0.896. The van der Waals surface area contributed by atoms with Crippen molar-refractivity contribution in [3.8, 4) is 5.75 Å². The number of rotatable bonds is 4. The number of hydrogen-bond acceptors (Lipinski definition) is 3. The van der Waals surface area contributed by atoms with Gasteiger partial charge in [-0.3, -0.25) is 0 Å². The molecule has 0 bridgehead atoms. The summed E-state index contributed by atoms with van der Waals surface area (Å²) in [5, 5.41) is 12.5. The molecule has 4 heteroatoms. The van der Waals surface area contributed by atoms with E-state index in [9.17, 15) is 5.11 Å². The fourth-order valence-electron chi connectivity index (χ4n) is 1.87. The van der Waals surface area contributed by atoms with E-state index in [1.165, 1.54) is 5.56 Å². The van der Waals surface area contributed by atoms with Gasteiger partial charge in [-0.05, 0) is 31.5 Å². The summed E-state index contributed by atoms with van der Waals surface area (Å²) in [6, 6.07) is 4.19. The van der Waals surface area contributed by atoms with E-state index >= 15 is 0 Å². The molecule has 3 nitrogen and oxygen atoms in total. The van der Waals surface area contributed by atoms with Gasteiger partial charge < -0.3 is 15.2 Å². The van der Waals surface area contributed by atoms with Gasteiger partial charge in [-0.25, -0.2) is 0 Å². The van der Waals surface area contributed by atoms with E-state index in [0.29, 0.717) is 6.54 Å². The highest BCUT2D eigenvalue weighted by Crippen LogP contribution is 2.33. The van der Waals surface area contributed by atoms with Crippen LogP contribution in [0.5, 0.6) is 5.75 Å². The molecule has 17 heavy (non-hydrogen) atoms. The van der Waals surface area contributed by atoms with Crippen LogP contribution in [0.3, 0.4) is 0 Å². The zero-order valence-electron chi connectivity index (χ0n) is 10.2. The van der Waals surface area contributed by atoms with Crippen molar-refractivity contribution >= 4 is 15.9 Å². The molecule has 2 N–H and O–H groups in total. The number of aliphatic hydroxyl groups excluding tert-OH is 1. The van der Waals surface area contributed by atoms with Crippen LogP contribution in [0.15, 0.2) is 16.6 Å². The van der Waals surface area contributed by atoms with Gasteiger partial charge in [-0.1, -0.05) is 15.9 Å². The highest BCUT2D eigenvalue weighted by molar-refractivity contribution is 9.10. The smallest absolute Gasteiger partial charge is 0.127 e. The van der Waals surface area contributed by atoms with Crippen LogP contribution in [0.4, 0.5) is 0 Å². The lowest BCUT2D eigenvalue weighted by Gasteiger charge is -2.24. The minimum atomic E-state index is -0.270. The Bertz CT molecular complexity index is 418. The molecule has 1 aromatic rings. The Morgan fingerprint density at radius 1 is 1.47 bits per heavy atom. The van der Waals surface area contributed by atoms with Crippen molar-refractivity contribution in [3.63, 3.8) is 0 Å². The fourth-order valence-corrected chi connectivity index (χ4v) is 2.42. The molecule has 0 unspecified atom stereocenters. The second-order valence-electron chi connectivity index (χ2n) is 5.05. The van der Waals surface area contributed by atoms with Crippen LogP contribution in [0.25, 0.3) is 0 Å². The molecule has 0 spiro atoms. The van der Waals surface area contributed by atoms with Crippen LogP contribution < -0.4 is 10.1 Å². The van der Waals surface area contributed by atoms with E-state index in [2.05, 4.69) is 33.4 Å². The highest BCUT2D eigenvalue weighted by atomic mass is 79.9. The van der Waals surface area contributed by atoms with Gasteiger partial charge in [-0.15, -0.1) is 0 Å². The maximum absolute atomic E-state index is 9.22. The first-order valence-electron chi connectivity index (χ1n) is 5.82. The Hall–Kier alpha value is -0.580. The minimum absolute atomic E-state index is 0.115. The maximum atomic E-state index is 9.22. The molecule has 0 fully saturated rings. The molecule has 0 amide bonds. The third-order valence-corrected chi connectivity index (χ3v) is 3.44. The second-order valence-corrected chi connectivity index (χ2v) is 5.96. The normalized spacial score (nSPS) is 14.6. The predicted molar refractivity (Wildman–Crippen MR) is 71.3 cm³/mol. The third-order valence-electron chi connectivity index (χ3n) is 2.98. The summed E-state index contributed by atoms with van der Waals surface area (Å²) in [5.41, 5.74) is 2.14. The van der Waals surface area contributed by atoms with Crippen LogP contribution in [0.1, 0.15) is 25.0 Å². The van der Waals surface area contributed by atoms with Crippen molar-refractivity contribution in [1.82, 2.24) is 5.32 Å². The molecule has 1 aliphatic heterocycles. The van der Waals surface area contributed by atoms with Crippen molar-refractivity contribution in [2.45, 2.75) is 32.4 Å². The zero-order chi connectivity index (χ0) is 12.5. The number of nitrogens with one attached hydrogen (secondary N) is 1. The number of hydrogen-bond donors (Lipinski definition) is 2. The number of fused-ring (bicyclic) bond motifs is 1. The van der Waals surface area contributed by atoms with Crippen molar-refractivity contribution < 1.29 is 9.84 Å². The molecule has 0 saturated carbocycles. The van der Waals surface area contributed by atoms with Crippen LogP contribution in [-0.2, 0) is 13.0 Å². The summed E-state index contributed by atoms with van der Waals surface area (Å²) in [4.78, 5) is 0. The van der Waals surface area contributed by atoms with E-state index < -0.39 is 0 Å². The van der Waals surface area contributed by atoms with E-state index in [4.69, 9.17) is 4.74 Å². The largest absolute Gasteiger partial charge is 0.493 e. The Morgan fingerprint density at radius 3 is 2.94 bits per heavy atom. The first-order valence-corrected chi connectivity index (χ1v) is 6.61. The standard InChI is InChI=1S/C13H18BrNO2/c1-13(2,8-16)15-7-10-6-11(14)5-9-3-4-17-12(9)10/h5-6,15-16H,3-4,7-8H2,1-2H3. The van der Waals surface area contributed by atoms with Gasteiger partial charge in [0.25, 0.3) is 0 Å². The molecule has 2 rings (SSSR count). The average molecular weight is 300 g/mol. The second kappa shape index (κ2) is 4.96. The van der Waals surface area contributed by atoms with Crippen LogP contribution in [0, 0.1) is 0 Å². The summed E-state index contributed by atoms with van der Waals surface area (Å²) in [5.74, 6) is 1.01. The minimum Gasteiger partial charge on any atom is -0.493 e. The number of aliphatic hydroxyl groups is 1. The van der Waals surface area contributed by atoms with Gasteiger partial charge in [0.05, 0.1) is 13.2 Å². The molecule has 1 aromatic carbocycles. The molecule has 1 heterocycles. The Morgan fingerprint density at radius 2 is 2.24 bits per heavy atom. The van der Waals surface area contributed by atoms with Crippen molar-refractivity contribution in [3.05, 3.63) is 27.7 Å². The van der Waals surface area contributed by atoms with E-state index in [0.717, 1.165) is 28.8 Å². The Labute approximate surface area is 110 Å². The summed E-state index contributed by atoms with van der Waals surface area (Å²) in [6.45, 7) is 5.54. The predicted octanol–water partition coefficient (Wildman–Crippen LogP) is 2.24. The van der Waals surface area contributed by atoms with Gasteiger partial charge in [0.1, 0.15) is 5.75 Å². The average Bonchev–Trinajstić information content (AvgIpc) is 2.73. The zero-order valence-corrected chi connectivity index (χ0v) is 11.8. The van der Waals surface area contributed by atoms with Gasteiger partial charge in [0, 0.05) is 28.5 Å². The van der Waals surface area contributed by atoms with E-state index in [1.54, 1.807) is 0 Å². The first-order chi connectivity index (χ1) is 8.02. The third kappa shape index (κ3) is 3.00. The Kier molecular flexibility index (Phi) is 3.76. The molecule has 0 saturated heterocycles. The van der Waals surface area contributed by atoms with Crippen LogP contribution in [0.2, 0.25) is 0 Å². The summed E-state index contributed by atoms with van der Waals surface area (Å²) < 4.78 is 6.74. The van der Waals surface area contributed by atoms with Crippen molar-refractivity contribution in [2.24, 2.45) is 0 Å². The first kappa shape index (κ1) is 12.9. The summed E-state index contributed by atoms with van der Waals surface area (Å²) in [6.07, 6.45) is 0.977. The lowest BCUT2D eigenvalue weighted by molar-refractivity contribution is 0.187.